The van der Waals surface area contributed by atoms with Gasteiger partial charge in [0.05, 0.1) is 13.2 Å². The van der Waals surface area contributed by atoms with Crippen molar-refractivity contribution in [1.29, 1.82) is 0 Å². The average molecular weight is 427 g/mol. The van der Waals surface area contributed by atoms with Gasteiger partial charge in [0.25, 0.3) is 0 Å². The topological polar surface area (TPSA) is 52.6 Å². The number of hydrogen-bond acceptors (Lipinski definition) is 4. The van der Waals surface area contributed by atoms with E-state index < -0.39 is 0 Å². The highest BCUT2D eigenvalue weighted by Crippen LogP contribution is 2.24. The van der Waals surface area contributed by atoms with E-state index in [9.17, 15) is 9.59 Å². The van der Waals surface area contributed by atoms with E-state index in [1.165, 1.54) is 57.8 Å². The third-order valence-corrected chi connectivity index (χ3v) is 5.26. The van der Waals surface area contributed by atoms with Gasteiger partial charge in [0.1, 0.15) is 0 Å². The van der Waals surface area contributed by atoms with Crippen molar-refractivity contribution in [1.82, 2.24) is 0 Å². The number of esters is 2. The maximum Gasteiger partial charge on any atom is 0.305 e. The molecule has 178 valence electrons. The van der Waals surface area contributed by atoms with E-state index in [-0.39, 0.29) is 23.8 Å². The van der Waals surface area contributed by atoms with Crippen molar-refractivity contribution in [2.75, 3.05) is 13.2 Å². The second-order valence-electron chi connectivity index (χ2n) is 10.2. The lowest BCUT2D eigenvalue weighted by atomic mass is 9.86. The Bertz CT molecular complexity index is 425. The predicted octanol–water partition coefficient (Wildman–Crippen LogP) is 7.63. The molecule has 0 radical (unpaired) electrons. The smallest absolute Gasteiger partial charge is 0.305 e. The molecule has 0 aromatic rings. The molecule has 0 aliphatic heterocycles. The van der Waals surface area contributed by atoms with Crippen LogP contribution >= 0.6 is 0 Å². The summed E-state index contributed by atoms with van der Waals surface area (Å²) in [4.78, 5) is 23.5. The molecule has 0 aromatic carbocycles. The summed E-state index contributed by atoms with van der Waals surface area (Å²) in [5.74, 6) is -0.0605. The predicted molar refractivity (Wildman–Crippen MR) is 125 cm³/mol. The fourth-order valence-corrected chi connectivity index (χ4v) is 3.81. The second-order valence-corrected chi connectivity index (χ2v) is 10.2. The van der Waals surface area contributed by atoms with E-state index in [0.29, 0.717) is 32.0 Å². The van der Waals surface area contributed by atoms with Gasteiger partial charge in [-0.05, 0) is 30.6 Å². The number of carbonyl (C=O) groups excluding carboxylic acids is 2. The summed E-state index contributed by atoms with van der Waals surface area (Å²) in [6.07, 6.45) is 16.2. The number of carbonyl (C=O) groups is 2. The summed E-state index contributed by atoms with van der Waals surface area (Å²) in [7, 11) is 0. The molecule has 1 atom stereocenters. The van der Waals surface area contributed by atoms with Crippen molar-refractivity contribution in [3.63, 3.8) is 0 Å². The molecule has 0 saturated heterocycles. The van der Waals surface area contributed by atoms with Gasteiger partial charge >= 0.3 is 11.9 Å². The fraction of sp³-hybridized carbons (Fsp3) is 0.923. The maximum absolute atomic E-state index is 11.8. The van der Waals surface area contributed by atoms with E-state index in [2.05, 4.69) is 34.6 Å². The molecule has 0 amide bonds. The normalized spacial score (nSPS) is 12.6. The lowest BCUT2D eigenvalue weighted by Crippen LogP contribution is -2.17. The van der Waals surface area contributed by atoms with E-state index >= 15 is 0 Å². The molecular weight excluding hydrogens is 376 g/mol. The summed E-state index contributed by atoms with van der Waals surface area (Å²) >= 11 is 0. The molecule has 30 heavy (non-hydrogen) atoms. The lowest BCUT2D eigenvalue weighted by molar-refractivity contribution is -0.146. The molecule has 0 saturated carbocycles. The van der Waals surface area contributed by atoms with Crippen molar-refractivity contribution in [3.8, 4) is 0 Å². The first-order valence-corrected chi connectivity index (χ1v) is 12.6. The van der Waals surface area contributed by atoms with Gasteiger partial charge in [0, 0.05) is 12.8 Å². The van der Waals surface area contributed by atoms with Crippen LogP contribution < -0.4 is 0 Å². The lowest BCUT2D eigenvalue weighted by Gasteiger charge is -2.22. The molecule has 1 unspecified atom stereocenters. The molecule has 4 heteroatoms. The minimum atomic E-state index is -0.214. The van der Waals surface area contributed by atoms with Crippen molar-refractivity contribution < 1.29 is 19.1 Å². The third kappa shape index (κ3) is 21.6. The number of unbranched alkanes of at least 4 members (excludes halogenated alkanes) is 10. The SMILES string of the molecule is CCCCCCCCCCCCCOC(=O)CCCC(=O)OCC(C)CC(C)(C)C. The van der Waals surface area contributed by atoms with Gasteiger partial charge in [-0.1, -0.05) is 98.8 Å². The Labute approximate surface area is 186 Å². The van der Waals surface area contributed by atoms with Crippen LogP contribution in [0, 0.1) is 11.3 Å². The highest BCUT2D eigenvalue weighted by Gasteiger charge is 2.16. The van der Waals surface area contributed by atoms with Gasteiger partial charge < -0.3 is 9.47 Å². The molecule has 4 nitrogen and oxygen atoms in total. The van der Waals surface area contributed by atoms with Crippen LogP contribution in [0.1, 0.15) is 131 Å². The Balaban J connectivity index is 3.44. The van der Waals surface area contributed by atoms with E-state index in [4.69, 9.17) is 9.47 Å². The number of rotatable bonds is 19. The first-order chi connectivity index (χ1) is 14.2. The molecular formula is C26H50O4. The largest absolute Gasteiger partial charge is 0.466 e. The highest BCUT2D eigenvalue weighted by molar-refractivity contribution is 5.72. The van der Waals surface area contributed by atoms with Crippen LogP contribution in [0.5, 0.6) is 0 Å². The highest BCUT2D eigenvalue weighted by atomic mass is 16.5. The number of hydrogen-bond donors (Lipinski definition) is 0. The maximum atomic E-state index is 11.8. The van der Waals surface area contributed by atoms with Gasteiger partial charge in [-0.15, -0.1) is 0 Å². The molecule has 0 bridgehead atoms. The zero-order chi connectivity index (χ0) is 22.7. The van der Waals surface area contributed by atoms with Gasteiger partial charge in [-0.2, -0.15) is 0 Å². The van der Waals surface area contributed by atoms with Crippen molar-refractivity contribution in [3.05, 3.63) is 0 Å². The summed E-state index contributed by atoms with van der Waals surface area (Å²) in [6, 6.07) is 0. The second kappa shape index (κ2) is 18.7. The van der Waals surface area contributed by atoms with Crippen molar-refractivity contribution >= 4 is 11.9 Å². The Kier molecular flexibility index (Phi) is 18.0. The average Bonchev–Trinajstić information content (AvgIpc) is 2.66. The molecule has 0 heterocycles. The number of ether oxygens (including phenoxy) is 2. The first kappa shape index (κ1) is 28.9. The van der Waals surface area contributed by atoms with Crippen LogP contribution in [0.4, 0.5) is 0 Å². The fourth-order valence-electron chi connectivity index (χ4n) is 3.81. The zero-order valence-electron chi connectivity index (χ0n) is 20.7. The molecule has 0 spiro atoms. The summed E-state index contributed by atoms with van der Waals surface area (Å²) in [5, 5.41) is 0. The van der Waals surface area contributed by atoms with Gasteiger partial charge in [-0.25, -0.2) is 0 Å². The van der Waals surface area contributed by atoms with Gasteiger partial charge in [0.15, 0.2) is 0 Å². The van der Waals surface area contributed by atoms with Crippen LogP contribution in [-0.2, 0) is 19.1 Å². The monoisotopic (exact) mass is 426 g/mol. The van der Waals surface area contributed by atoms with Crippen LogP contribution in [0.25, 0.3) is 0 Å². The standard InChI is InChI=1S/C26H50O4/c1-6-7-8-9-10-11-12-13-14-15-16-20-29-24(27)18-17-19-25(28)30-22-23(2)21-26(3,4)5/h23H,6-22H2,1-5H3. The Hall–Kier alpha value is -1.06. The first-order valence-electron chi connectivity index (χ1n) is 12.6. The van der Waals surface area contributed by atoms with E-state index in [1.807, 2.05) is 0 Å². The van der Waals surface area contributed by atoms with E-state index in [1.54, 1.807) is 0 Å². The van der Waals surface area contributed by atoms with Gasteiger partial charge in [-0.3, -0.25) is 9.59 Å². The van der Waals surface area contributed by atoms with E-state index in [0.717, 1.165) is 19.3 Å². The van der Waals surface area contributed by atoms with Crippen LogP contribution in [0.2, 0.25) is 0 Å². The van der Waals surface area contributed by atoms with Crippen molar-refractivity contribution in [2.45, 2.75) is 131 Å². The van der Waals surface area contributed by atoms with Gasteiger partial charge in [0.2, 0.25) is 0 Å². The summed E-state index contributed by atoms with van der Waals surface area (Å²) < 4.78 is 10.6. The Morgan fingerprint density at radius 3 is 1.67 bits per heavy atom. The molecule has 0 N–H and O–H groups in total. The molecule has 0 rings (SSSR count). The molecule has 0 aliphatic rings. The summed E-state index contributed by atoms with van der Waals surface area (Å²) in [6.45, 7) is 11.9. The molecule has 0 fully saturated rings. The zero-order valence-corrected chi connectivity index (χ0v) is 20.7. The quantitative estimate of drug-likeness (QED) is 0.157. The minimum Gasteiger partial charge on any atom is -0.466 e. The van der Waals surface area contributed by atoms with Crippen LogP contribution in [0.3, 0.4) is 0 Å². The molecule has 0 aromatic heterocycles. The van der Waals surface area contributed by atoms with Crippen LogP contribution in [-0.4, -0.2) is 25.2 Å². The third-order valence-electron chi connectivity index (χ3n) is 5.26. The Morgan fingerprint density at radius 2 is 1.17 bits per heavy atom. The Morgan fingerprint density at radius 1 is 0.700 bits per heavy atom. The molecule has 0 aliphatic carbocycles. The minimum absolute atomic E-state index is 0.198. The summed E-state index contributed by atoms with van der Waals surface area (Å²) in [5.41, 5.74) is 0.240. The van der Waals surface area contributed by atoms with Crippen molar-refractivity contribution in [2.24, 2.45) is 11.3 Å². The van der Waals surface area contributed by atoms with Crippen LogP contribution in [0.15, 0.2) is 0 Å².